The summed E-state index contributed by atoms with van der Waals surface area (Å²) in [6.07, 6.45) is 6.00. The van der Waals surface area contributed by atoms with Gasteiger partial charge in [0.25, 0.3) is 0 Å². The van der Waals surface area contributed by atoms with E-state index in [4.69, 9.17) is 0 Å². The van der Waals surface area contributed by atoms with E-state index in [9.17, 15) is 0 Å². The highest BCUT2D eigenvalue weighted by molar-refractivity contribution is 5.06. The first kappa shape index (κ1) is 11.5. The van der Waals surface area contributed by atoms with Gasteiger partial charge in [0.1, 0.15) is 0 Å². The van der Waals surface area contributed by atoms with E-state index in [2.05, 4.69) is 34.6 Å². The van der Waals surface area contributed by atoms with Gasteiger partial charge in [0, 0.05) is 0 Å². The highest BCUT2D eigenvalue weighted by atomic mass is 14.6. The van der Waals surface area contributed by atoms with E-state index in [1.54, 1.807) is 0 Å². The molecule has 2 saturated carbocycles. The molecule has 2 fully saturated rings. The molecular weight excluding hydrogens is 180 g/mol. The van der Waals surface area contributed by atoms with Crippen molar-refractivity contribution in [3.8, 4) is 0 Å². The Bertz CT molecular complexity index is 212. The summed E-state index contributed by atoms with van der Waals surface area (Å²) in [6.45, 7) is 12.4. The molecule has 2 aliphatic rings. The fourth-order valence-electron chi connectivity index (χ4n) is 5.00. The predicted octanol–water partition coefficient (Wildman–Crippen LogP) is 4.74. The van der Waals surface area contributed by atoms with Gasteiger partial charge >= 0.3 is 0 Å². The van der Waals surface area contributed by atoms with Gasteiger partial charge in [-0.15, -0.1) is 0 Å². The van der Waals surface area contributed by atoms with Crippen molar-refractivity contribution in [2.75, 3.05) is 0 Å². The average molecular weight is 208 g/mol. The van der Waals surface area contributed by atoms with Crippen LogP contribution in [0.4, 0.5) is 0 Å². The van der Waals surface area contributed by atoms with Crippen LogP contribution in [0.5, 0.6) is 0 Å². The molecule has 2 atom stereocenters. The van der Waals surface area contributed by atoms with Crippen molar-refractivity contribution in [1.29, 1.82) is 0 Å². The molecule has 0 aromatic carbocycles. The first-order valence-corrected chi connectivity index (χ1v) is 6.99. The minimum absolute atomic E-state index is 0.672. The second kappa shape index (κ2) is 3.79. The Balaban J connectivity index is 2.10. The standard InChI is InChI=1S/C15H28/c1-10(2)14-11(3)15(5,12(14)4)13-8-6-7-9-13/h10-14H,6-9H2,1-5H3. The van der Waals surface area contributed by atoms with E-state index in [0.717, 1.165) is 29.6 Å². The van der Waals surface area contributed by atoms with E-state index >= 15 is 0 Å². The van der Waals surface area contributed by atoms with Crippen molar-refractivity contribution in [3.63, 3.8) is 0 Å². The average Bonchev–Trinajstić information content (AvgIpc) is 2.69. The lowest BCUT2D eigenvalue weighted by Gasteiger charge is -2.63. The lowest BCUT2D eigenvalue weighted by molar-refractivity contribution is -0.149. The lowest BCUT2D eigenvalue weighted by Crippen LogP contribution is -2.57. The van der Waals surface area contributed by atoms with Gasteiger partial charge in [-0.1, -0.05) is 47.5 Å². The van der Waals surface area contributed by atoms with Gasteiger partial charge in [0.2, 0.25) is 0 Å². The molecule has 0 amide bonds. The lowest BCUT2D eigenvalue weighted by atomic mass is 9.42. The quantitative estimate of drug-likeness (QED) is 0.615. The Morgan fingerprint density at radius 1 is 1.00 bits per heavy atom. The third-order valence-corrected chi connectivity index (χ3v) is 6.12. The number of rotatable bonds is 2. The highest BCUT2D eigenvalue weighted by Gasteiger charge is 2.58. The van der Waals surface area contributed by atoms with Crippen molar-refractivity contribution in [1.82, 2.24) is 0 Å². The largest absolute Gasteiger partial charge is 0.0625 e. The molecule has 88 valence electrons. The van der Waals surface area contributed by atoms with Crippen molar-refractivity contribution in [2.45, 2.75) is 60.3 Å². The fraction of sp³-hybridized carbons (Fsp3) is 1.00. The topological polar surface area (TPSA) is 0 Å². The van der Waals surface area contributed by atoms with E-state index in [0.29, 0.717) is 5.41 Å². The summed E-state index contributed by atoms with van der Waals surface area (Å²) in [5.74, 6) is 4.81. The Labute approximate surface area is 95.8 Å². The third kappa shape index (κ3) is 1.47. The summed E-state index contributed by atoms with van der Waals surface area (Å²) in [5.41, 5.74) is 0.672. The minimum Gasteiger partial charge on any atom is -0.0625 e. The second-order valence-electron chi connectivity index (χ2n) is 6.75. The van der Waals surface area contributed by atoms with Gasteiger partial charge in [-0.2, -0.15) is 0 Å². The second-order valence-corrected chi connectivity index (χ2v) is 6.75. The van der Waals surface area contributed by atoms with Crippen molar-refractivity contribution < 1.29 is 0 Å². The monoisotopic (exact) mass is 208 g/mol. The Hall–Kier alpha value is 0. The van der Waals surface area contributed by atoms with E-state index < -0.39 is 0 Å². The van der Waals surface area contributed by atoms with Gasteiger partial charge in [0.05, 0.1) is 0 Å². The van der Waals surface area contributed by atoms with Crippen LogP contribution in [-0.2, 0) is 0 Å². The van der Waals surface area contributed by atoms with Gasteiger partial charge in [-0.25, -0.2) is 0 Å². The van der Waals surface area contributed by atoms with Crippen LogP contribution >= 0.6 is 0 Å². The van der Waals surface area contributed by atoms with Crippen molar-refractivity contribution >= 4 is 0 Å². The molecule has 15 heavy (non-hydrogen) atoms. The van der Waals surface area contributed by atoms with Crippen molar-refractivity contribution in [3.05, 3.63) is 0 Å². The molecule has 0 N–H and O–H groups in total. The van der Waals surface area contributed by atoms with Gasteiger partial charge in [0.15, 0.2) is 0 Å². The smallest absolute Gasteiger partial charge is 0.0241 e. The fourth-order valence-corrected chi connectivity index (χ4v) is 5.00. The maximum atomic E-state index is 2.58. The van der Waals surface area contributed by atoms with Crippen LogP contribution in [0.1, 0.15) is 60.3 Å². The number of hydrogen-bond acceptors (Lipinski definition) is 0. The molecule has 0 bridgehead atoms. The van der Waals surface area contributed by atoms with E-state index in [1.165, 1.54) is 25.7 Å². The van der Waals surface area contributed by atoms with Gasteiger partial charge < -0.3 is 0 Å². The molecule has 0 radical (unpaired) electrons. The highest BCUT2D eigenvalue weighted by Crippen LogP contribution is 2.64. The maximum absolute atomic E-state index is 2.58. The Kier molecular flexibility index (Phi) is 2.90. The molecule has 2 aliphatic carbocycles. The molecular formula is C15H28. The summed E-state index contributed by atoms with van der Waals surface area (Å²) in [5, 5.41) is 0. The van der Waals surface area contributed by atoms with Crippen LogP contribution in [0.3, 0.4) is 0 Å². The van der Waals surface area contributed by atoms with E-state index in [1.807, 2.05) is 0 Å². The van der Waals surface area contributed by atoms with Crippen LogP contribution in [0.25, 0.3) is 0 Å². The summed E-state index contributed by atoms with van der Waals surface area (Å²) >= 11 is 0. The van der Waals surface area contributed by atoms with E-state index in [-0.39, 0.29) is 0 Å². The Morgan fingerprint density at radius 2 is 1.47 bits per heavy atom. The molecule has 0 nitrogen and oxygen atoms in total. The van der Waals surface area contributed by atoms with Crippen LogP contribution in [0.15, 0.2) is 0 Å². The zero-order valence-electron chi connectivity index (χ0n) is 11.2. The number of hydrogen-bond donors (Lipinski definition) is 0. The van der Waals surface area contributed by atoms with Crippen LogP contribution in [0.2, 0.25) is 0 Å². The molecule has 0 aliphatic heterocycles. The maximum Gasteiger partial charge on any atom is -0.0241 e. The minimum atomic E-state index is 0.672. The molecule has 2 unspecified atom stereocenters. The Morgan fingerprint density at radius 3 is 1.87 bits per heavy atom. The molecule has 0 aromatic rings. The summed E-state index contributed by atoms with van der Waals surface area (Å²) in [4.78, 5) is 0. The molecule has 0 heterocycles. The van der Waals surface area contributed by atoms with Crippen LogP contribution in [-0.4, -0.2) is 0 Å². The van der Waals surface area contributed by atoms with Crippen LogP contribution < -0.4 is 0 Å². The predicted molar refractivity (Wildman–Crippen MR) is 66.7 cm³/mol. The molecule has 0 saturated heterocycles. The van der Waals surface area contributed by atoms with Crippen molar-refractivity contribution in [2.24, 2.45) is 35.0 Å². The summed E-state index contributed by atoms with van der Waals surface area (Å²) in [6, 6.07) is 0. The van der Waals surface area contributed by atoms with Gasteiger partial charge in [-0.3, -0.25) is 0 Å². The zero-order chi connectivity index (χ0) is 11.2. The molecule has 0 spiro atoms. The zero-order valence-corrected chi connectivity index (χ0v) is 11.2. The first-order valence-electron chi connectivity index (χ1n) is 6.99. The third-order valence-electron chi connectivity index (χ3n) is 6.12. The molecule has 0 heteroatoms. The summed E-state index contributed by atoms with van der Waals surface area (Å²) in [7, 11) is 0. The summed E-state index contributed by atoms with van der Waals surface area (Å²) < 4.78 is 0. The molecule has 2 rings (SSSR count). The first-order chi connectivity index (χ1) is 6.99. The normalized spacial score (nSPS) is 47.2. The molecule has 0 aromatic heterocycles. The van der Waals surface area contributed by atoms with Gasteiger partial charge in [-0.05, 0) is 47.8 Å². The SMILES string of the molecule is CC(C)C1C(C)C(C)(C2CCCC2)C1C. The van der Waals surface area contributed by atoms with Crippen LogP contribution in [0, 0.1) is 35.0 Å².